The molecule has 92 valence electrons. The number of nitrogens with one attached hydrogen (secondary N) is 1. The van der Waals surface area contributed by atoms with Crippen LogP contribution in [0.25, 0.3) is 0 Å². The van der Waals surface area contributed by atoms with E-state index in [0.717, 1.165) is 0 Å². The Kier molecular flexibility index (Phi) is 3.48. The van der Waals surface area contributed by atoms with Crippen molar-refractivity contribution in [3.05, 3.63) is 60.2 Å². The first-order valence-electron chi connectivity index (χ1n) is 5.50. The highest BCUT2D eigenvalue weighted by molar-refractivity contribution is 5.79. The van der Waals surface area contributed by atoms with Gasteiger partial charge in [-0.25, -0.2) is 4.79 Å². The maximum absolute atomic E-state index is 11.3. The molecule has 0 spiro atoms. The molecular formula is C14H13NO3. The molecule has 0 amide bonds. The molecule has 2 aromatic carbocycles. The fraction of sp³-hybridized carbons (Fsp3) is 0.0714. The minimum absolute atomic E-state index is 0.0496. The molecule has 18 heavy (non-hydrogen) atoms. The number of aromatic hydroxyl groups is 1. The van der Waals surface area contributed by atoms with Crippen molar-refractivity contribution in [2.24, 2.45) is 0 Å². The number of hydrogen-bond acceptors (Lipinski definition) is 3. The number of phenolic OH excluding ortho intramolecular Hbond substituents is 1. The highest BCUT2D eigenvalue weighted by atomic mass is 16.4. The Hall–Kier alpha value is -2.49. The normalized spacial score (nSPS) is 11.8. The van der Waals surface area contributed by atoms with Crippen molar-refractivity contribution in [3.8, 4) is 5.75 Å². The molecule has 4 heteroatoms. The van der Waals surface area contributed by atoms with Crippen molar-refractivity contribution < 1.29 is 15.0 Å². The van der Waals surface area contributed by atoms with Crippen molar-refractivity contribution in [1.82, 2.24) is 0 Å². The lowest BCUT2D eigenvalue weighted by atomic mass is 10.1. The van der Waals surface area contributed by atoms with Crippen LogP contribution in [-0.2, 0) is 4.79 Å². The number of carboxylic acid groups (broad SMARTS) is 1. The molecule has 1 unspecified atom stereocenters. The van der Waals surface area contributed by atoms with Gasteiger partial charge in [0, 0.05) is 5.69 Å². The molecule has 2 rings (SSSR count). The molecule has 2 aromatic rings. The van der Waals surface area contributed by atoms with E-state index < -0.39 is 12.0 Å². The van der Waals surface area contributed by atoms with Crippen LogP contribution in [0.2, 0.25) is 0 Å². The maximum atomic E-state index is 11.3. The zero-order chi connectivity index (χ0) is 13.0. The summed E-state index contributed by atoms with van der Waals surface area (Å²) in [5.74, 6) is -0.946. The Morgan fingerprint density at radius 2 is 1.78 bits per heavy atom. The van der Waals surface area contributed by atoms with Gasteiger partial charge in [0.15, 0.2) is 6.04 Å². The summed E-state index contributed by atoms with van der Waals surface area (Å²) >= 11 is 0. The molecular weight excluding hydrogens is 230 g/mol. The van der Waals surface area contributed by atoms with Crippen LogP contribution < -0.4 is 5.32 Å². The van der Waals surface area contributed by atoms with Crippen molar-refractivity contribution in [2.45, 2.75) is 6.04 Å². The predicted molar refractivity (Wildman–Crippen MR) is 68.5 cm³/mol. The van der Waals surface area contributed by atoms with Crippen LogP contribution in [0.3, 0.4) is 0 Å². The van der Waals surface area contributed by atoms with Crippen LogP contribution in [0.5, 0.6) is 5.75 Å². The lowest BCUT2D eigenvalue weighted by molar-refractivity contribution is -0.138. The molecule has 0 aromatic heterocycles. The van der Waals surface area contributed by atoms with Crippen LogP contribution in [0, 0.1) is 0 Å². The van der Waals surface area contributed by atoms with Gasteiger partial charge in [0.2, 0.25) is 0 Å². The molecule has 0 heterocycles. The second-order valence-corrected chi connectivity index (χ2v) is 3.88. The van der Waals surface area contributed by atoms with Crippen molar-refractivity contribution in [1.29, 1.82) is 0 Å². The number of para-hydroxylation sites is 1. The largest absolute Gasteiger partial charge is 0.508 e. The third-order valence-corrected chi connectivity index (χ3v) is 2.54. The second kappa shape index (κ2) is 5.23. The highest BCUT2D eigenvalue weighted by Gasteiger charge is 2.19. The Labute approximate surface area is 105 Å². The third kappa shape index (κ3) is 2.79. The maximum Gasteiger partial charge on any atom is 0.330 e. The Bertz CT molecular complexity index is 540. The monoisotopic (exact) mass is 243 g/mol. The predicted octanol–water partition coefficient (Wildman–Crippen LogP) is 2.63. The van der Waals surface area contributed by atoms with E-state index in [2.05, 4.69) is 5.32 Å². The summed E-state index contributed by atoms with van der Waals surface area (Å²) in [5.41, 5.74) is 1.22. The van der Waals surface area contributed by atoms with E-state index >= 15 is 0 Å². The summed E-state index contributed by atoms with van der Waals surface area (Å²) in [6.07, 6.45) is 0. The van der Waals surface area contributed by atoms with Gasteiger partial charge in [0.1, 0.15) is 5.75 Å². The second-order valence-electron chi connectivity index (χ2n) is 3.88. The molecule has 0 fully saturated rings. The standard InChI is InChI=1S/C14H13NO3/c16-12-8-4-5-10(9-12)13(14(17)18)15-11-6-2-1-3-7-11/h1-9,13,15-16H,(H,17,18). The number of hydrogen-bond donors (Lipinski definition) is 3. The molecule has 0 aliphatic rings. The lowest BCUT2D eigenvalue weighted by Gasteiger charge is -2.16. The average Bonchev–Trinajstić information content (AvgIpc) is 2.37. The fourth-order valence-electron chi connectivity index (χ4n) is 1.69. The first kappa shape index (κ1) is 12.0. The fourth-order valence-corrected chi connectivity index (χ4v) is 1.69. The van der Waals surface area contributed by atoms with Crippen LogP contribution >= 0.6 is 0 Å². The number of benzene rings is 2. The van der Waals surface area contributed by atoms with Crippen molar-refractivity contribution >= 4 is 11.7 Å². The van der Waals surface area contributed by atoms with E-state index in [-0.39, 0.29) is 5.75 Å². The summed E-state index contributed by atoms with van der Waals surface area (Å²) in [7, 11) is 0. The summed E-state index contributed by atoms with van der Waals surface area (Å²) < 4.78 is 0. The van der Waals surface area contributed by atoms with Crippen molar-refractivity contribution in [2.75, 3.05) is 5.32 Å². The molecule has 0 aliphatic heterocycles. The Morgan fingerprint density at radius 3 is 2.39 bits per heavy atom. The molecule has 0 radical (unpaired) electrons. The Morgan fingerprint density at radius 1 is 1.06 bits per heavy atom. The average molecular weight is 243 g/mol. The molecule has 0 saturated heterocycles. The highest BCUT2D eigenvalue weighted by Crippen LogP contribution is 2.22. The van der Waals surface area contributed by atoms with Gasteiger partial charge in [-0.1, -0.05) is 30.3 Å². The topological polar surface area (TPSA) is 69.6 Å². The molecule has 1 atom stereocenters. The first-order valence-corrected chi connectivity index (χ1v) is 5.50. The smallest absolute Gasteiger partial charge is 0.330 e. The summed E-state index contributed by atoms with van der Waals surface area (Å²) in [6, 6.07) is 14.4. The number of phenols is 1. The minimum atomic E-state index is -0.996. The van der Waals surface area contributed by atoms with E-state index in [1.807, 2.05) is 18.2 Å². The first-order chi connectivity index (χ1) is 8.66. The van der Waals surface area contributed by atoms with Gasteiger partial charge in [-0.05, 0) is 29.8 Å². The zero-order valence-corrected chi connectivity index (χ0v) is 9.58. The van der Waals surface area contributed by atoms with E-state index in [9.17, 15) is 15.0 Å². The molecule has 3 N–H and O–H groups in total. The number of aliphatic carboxylic acids is 1. The lowest BCUT2D eigenvalue weighted by Crippen LogP contribution is -2.20. The third-order valence-electron chi connectivity index (χ3n) is 2.54. The minimum Gasteiger partial charge on any atom is -0.508 e. The molecule has 0 aliphatic carbocycles. The summed E-state index contributed by atoms with van der Waals surface area (Å²) in [4.78, 5) is 11.3. The number of carboxylic acids is 1. The van der Waals surface area contributed by atoms with Crippen LogP contribution in [0.15, 0.2) is 54.6 Å². The summed E-state index contributed by atoms with van der Waals surface area (Å²) in [5, 5.41) is 21.5. The van der Waals surface area contributed by atoms with Crippen molar-refractivity contribution in [3.63, 3.8) is 0 Å². The van der Waals surface area contributed by atoms with E-state index in [1.165, 1.54) is 12.1 Å². The van der Waals surface area contributed by atoms with Gasteiger partial charge in [-0.15, -0.1) is 0 Å². The van der Waals surface area contributed by atoms with Crippen LogP contribution in [0.4, 0.5) is 5.69 Å². The van der Waals surface area contributed by atoms with E-state index in [4.69, 9.17) is 0 Å². The van der Waals surface area contributed by atoms with Gasteiger partial charge in [-0.2, -0.15) is 0 Å². The summed E-state index contributed by atoms with van der Waals surface area (Å²) in [6.45, 7) is 0. The van der Waals surface area contributed by atoms with Crippen LogP contribution in [-0.4, -0.2) is 16.2 Å². The zero-order valence-electron chi connectivity index (χ0n) is 9.58. The number of rotatable bonds is 4. The SMILES string of the molecule is O=C(O)C(Nc1ccccc1)c1cccc(O)c1. The van der Waals surface area contributed by atoms with E-state index in [0.29, 0.717) is 11.3 Å². The molecule has 0 saturated carbocycles. The number of carbonyl (C=O) groups is 1. The van der Waals surface area contributed by atoms with Gasteiger partial charge in [0.05, 0.1) is 0 Å². The van der Waals surface area contributed by atoms with E-state index in [1.54, 1.807) is 24.3 Å². The van der Waals surface area contributed by atoms with Crippen LogP contribution in [0.1, 0.15) is 11.6 Å². The molecule has 4 nitrogen and oxygen atoms in total. The number of anilines is 1. The van der Waals surface area contributed by atoms with Gasteiger partial charge >= 0.3 is 5.97 Å². The van der Waals surface area contributed by atoms with Gasteiger partial charge in [0.25, 0.3) is 0 Å². The Balaban J connectivity index is 2.27. The van der Waals surface area contributed by atoms with Gasteiger partial charge < -0.3 is 15.5 Å². The molecule has 0 bridgehead atoms. The van der Waals surface area contributed by atoms with Gasteiger partial charge in [-0.3, -0.25) is 0 Å². The quantitative estimate of drug-likeness (QED) is 0.772.